The van der Waals surface area contributed by atoms with Crippen molar-refractivity contribution in [3.63, 3.8) is 0 Å². The fourth-order valence-electron chi connectivity index (χ4n) is 3.43. The molecule has 5 atom stereocenters. The maximum absolute atomic E-state index is 12.3. The predicted molar refractivity (Wildman–Crippen MR) is 118 cm³/mol. The number of amides is 4. The third-order valence-corrected chi connectivity index (χ3v) is 5.35. The summed E-state index contributed by atoms with van der Waals surface area (Å²) < 4.78 is 10.6. The van der Waals surface area contributed by atoms with E-state index in [1.165, 1.54) is 18.2 Å². The molecule has 0 radical (unpaired) electrons. The third-order valence-electron chi connectivity index (χ3n) is 5.35. The first-order valence-electron chi connectivity index (χ1n) is 10.9. The molecule has 3 rings (SSSR count). The fraction of sp³-hybridized carbons (Fsp3) is 0.409. The molecule has 0 saturated carbocycles. The molecular weight excluding hydrogens is 482 g/mol. The van der Waals surface area contributed by atoms with Crippen molar-refractivity contribution in [3.8, 4) is 5.75 Å². The highest BCUT2D eigenvalue weighted by Crippen LogP contribution is 2.29. The van der Waals surface area contributed by atoms with Gasteiger partial charge in [-0.2, -0.15) is 0 Å². The zero-order valence-electron chi connectivity index (χ0n) is 18.8. The highest BCUT2D eigenvalue weighted by molar-refractivity contribution is 6.13. The maximum Gasteiger partial charge on any atom is 0.335 e. The van der Waals surface area contributed by atoms with Crippen molar-refractivity contribution in [3.05, 3.63) is 36.4 Å². The summed E-state index contributed by atoms with van der Waals surface area (Å²) in [7, 11) is 0. The minimum Gasteiger partial charge on any atom is -0.479 e. The minimum atomic E-state index is -1.88. The number of hydrogen-bond acceptors (Lipinski definition) is 10. The van der Waals surface area contributed by atoms with Crippen molar-refractivity contribution in [1.29, 1.82) is 0 Å². The molecule has 1 saturated heterocycles. The number of benzene rings is 1. The molecule has 2 heterocycles. The number of anilines is 1. The van der Waals surface area contributed by atoms with Gasteiger partial charge in [-0.1, -0.05) is 12.1 Å². The van der Waals surface area contributed by atoms with Crippen LogP contribution in [-0.2, 0) is 28.7 Å². The van der Waals surface area contributed by atoms with Gasteiger partial charge >= 0.3 is 5.97 Å². The van der Waals surface area contributed by atoms with Crippen LogP contribution in [0.15, 0.2) is 36.4 Å². The lowest BCUT2D eigenvalue weighted by molar-refractivity contribution is -0.271. The lowest BCUT2D eigenvalue weighted by Crippen LogP contribution is -2.61. The first-order valence-corrected chi connectivity index (χ1v) is 10.9. The molecule has 0 aromatic heterocycles. The lowest BCUT2D eigenvalue weighted by atomic mass is 9.99. The number of hydrogen-bond donors (Lipinski definition) is 6. The molecule has 0 aliphatic carbocycles. The monoisotopic (exact) mass is 507 g/mol. The van der Waals surface area contributed by atoms with E-state index in [1.807, 2.05) is 0 Å². The van der Waals surface area contributed by atoms with Gasteiger partial charge in [0, 0.05) is 38.1 Å². The van der Waals surface area contributed by atoms with E-state index in [-0.39, 0.29) is 37.4 Å². The fourth-order valence-corrected chi connectivity index (χ4v) is 3.43. The number of imide groups is 1. The summed E-state index contributed by atoms with van der Waals surface area (Å²) in [4.78, 5) is 59.4. The molecule has 1 aromatic rings. The number of para-hydroxylation sites is 2. The summed E-state index contributed by atoms with van der Waals surface area (Å²) >= 11 is 0. The topological polar surface area (TPSA) is 212 Å². The summed E-state index contributed by atoms with van der Waals surface area (Å²) in [5.74, 6) is -3.56. The number of aliphatic carboxylic acids is 1. The first kappa shape index (κ1) is 26.7. The predicted octanol–water partition coefficient (Wildman–Crippen LogP) is -2.28. The molecule has 6 N–H and O–H groups in total. The van der Waals surface area contributed by atoms with Crippen molar-refractivity contribution in [2.24, 2.45) is 0 Å². The zero-order chi connectivity index (χ0) is 26.4. The Balaban J connectivity index is 1.49. The smallest absolute Gasteiger partial charge is 0.335 e. The van der Waals surface area contributed by atoms with E-state index in [4.69, 9.17) is 14.6 Å². The molecule has 1 fully saturated rings. The van der Waals surface area contributed by atoms with Gasteiger partial charge in [0.05, 0.1) is 5.69 Å². The van der Waals surface area contributed by atoms with Gasteiger partial charge in [-0.3, -0.25) is 24.1 Å². The Labute approximate surface area is 204 Å². The molecule has 194 valence electrons. The van der Waals surface area contributed by atoms with Crippen LogP contribution in [0.3, 0.4) is 0 Å². The van der Waals surface area contributed by atoms with Crippen LogP contribution in [0.1, 0.15) is 12.8 Å². The Hall–Kier alpha value is -3.85. The van der Waals surface area contributed by atoms with E-state index in [2.05, 4.69) is 10.6 Å². The molecule has 0 bridgehead atoms. The van der Waals surface area contributed by atoms with Crippen molar-refractivity contribution < 1.29 is 53.9 Å². The van der Waals surface area contributed by atoms with Crippen LogP contribution in [0, 0.1) is 0 Å². The van der Waals surface area contributed by atoms with Crippen molar-refractivity contribution in [1.82, 2.24) is 10.2 Å². The number of aliphatic hydroxyl groups is 3. The SMILES string of the molecule is O=C(CCN1C(=O)C=CC1=O)NCCC(=O)Nc1ccccc1O[C@@H]1O[C@H](C(=O)O)[C@@H](O)[C@H](O)[C@H]1O. The highest BCUT2D eigenvalue weighted by Gasteiger charge is 2.48. The van der Waals surface area contributed by atoms with Crippen molar-refractivity contribution in [2.45, 2.75) is 43.5 Å². The Morgan fingerprint density at radius 2 is 1.61 bits per heavy atom. The molecule has 0 spiro atoms. The van der Waals surface area contributed by atoms with Crippen molar-refractivity contribution in [2.75, 3.05) is 18.4 Å². The summed E-state index contributed by atoms with van der Waals surface area (Å²) in [6, 6.07) is 5.96. The van der Waals surface area contributed by atoms with Crippen LogP contribution in [0.2, 0.25) is 0 Å². The number of ether oxygens (including phenoxy) is 2. The molecule has 4 amide bonds. The lowest BCUT2D eigenvalue weighted by Gasteiger charge is -2.38. The van der Waals surface area contributed by atoms with Gasteiger partial charge in [-0.25, -0.2) is 4.79 Å². The molecule has 2 aliphatic rings. The standard InChI is InChI=1S/C22H25N3O11/c26-13(8-10-25-15(28)5-6-16(25)29)23-9-7-14(27)24-11-3-1-2-4-12(11)35-22-19(32)17(30)18(31)20(36-22)21(33)34/h1-6,17-20,22,30-32H,7-10H2,(H,23,26)(H,24,27)(H,33,34)/t17-,18-,19+,20-,22+/m0/s1. The van der Waals surface area contributed by atoms with Crippen LogP contribution in [-0.4, -0.2) is 98.7 Å². The van der Waals surface area contributed by atoms with Gasteiger partial charge in [0.1, 0.15) is 24.1 Å². The molecule has 14 heteroatoms. The van der Waals surface area contributed by atoms with Gasteiger partial charge in [0.15, 0.2) is 6.10 Å². The molecule has 0 unspecified atom stereocenters. The number of carbonyl (C=O) groups is 5. The molecular formula is C22H25N3O11. The number of carboxylic acid groups (broad SMARTS) is 1. The van der Waals surface area contributed by atoms with Gasteiger partial charge in [0.25, 0.3) is 11.8 Å². The Morgan fingerprint density at radius 3 is 2.28 bits per heavy atom. The summed E-state index contributed by atoms with van der Waals surface area (Å²) in [5, 5.41) is 44.0. The third kappa shape index (κ3) is 6.42. The van der Waals surface area contributed by atoms with Gasteiger partial charge in [0.2, 0.25) is 18.1 Å². The van der Waals surface area contributed by atoms with E-state index >= 15 is 0 Å². The average molecular weight is 507 g/mol. The molecule has 14 nitrogen and oxygen atoms in total. The number of nitrogens with zero attached hydrogens (tertiary/aromatic N) is 1. The Kier molecular flexibility index (Phi) is 8.71. The Morgan fingerprint density at radius 1 is 0.944 bits per heavy atom. The summed E-state index contributed by atoms with van der Waals surface area (Å²) in [6.45, 7) is -0.125. The summed E-state index contributed by atoms with van der Waals surface area (Å²) in [5.41, 5.74) is 0.135. The van der Waals surface area contributed by atoms with Gasteiger partial charge in [-0.05, 0) is 12.1 Å². The zero-order valence-corrected chi connectivity index (χ0v) is 18.8. The first-order chi connectivity index (χ1) is 17.1. The van der Waals surface area contributed by atoms with E-state index in [1.54, 1.807) is 6.07 Å². The molecule has 1 aromatic carbocycles. The quantitative estimate of drug-likeness (QED) is 0.186. The van der Waals surface area contributed by atoms with Crippen LogP contribution in [0.4, 0.5) is 5.69 Å². The summed E-state index contributed by atoms with van der Waals surface area (Å²) in [6.07, 6.45) is -7.06. The average Bonchev–Trinajstić information content (AvgIpc) is 3.15. The van der Waals surface area contributed by atoms with E-state index < -0.39 is 60.3 Å². The van der Waals surface area contributed by atoms with E-state index in [0.717, 1.165) is 17.1 Å². The molecule has 36 heavy (non-hydrogen) atoms. The normalized spacial score (nSPS) is 25.5. The van der Waals surface area contributed by atoms with E-state index in [0.29, 0.717) is 0 Å². The van der Waals surface area contributed by atoms with E-state index in [9.17, 15) is 39.3 Å². The number of carbonyl (C=O) groups excluding carboxylic acids is 4. The second-order valence-corrected chi connectivity index (χ2v) is 7.91. The van der Waals surface area contributed by atoms with Crippen molar-refractivity contribution >= 4 is 35.3 Å². The highest BCUT2D eigenvalue weighted by atomic mass is 16.7. The maximum atomic E-state index is 12.3. The van der Waals surface area contributed by atoms with Gasteiger partial charge in [-0.15, -0.1) is 0 Å². The number of carboxylic acids is 1. The Bertz CT molecular complexity index is 1040. The number of aliphatic hydroxyl groups excluding tert-OH is 3. The van der Waals surface area contributed by atoms with Crippen LogP contribution < -0.4 is 15.4 Å². The number of nitrogens with one attached hydrogen (secondary N) is 2. The van der Waals surface area contributed by atoms with Crippen LogP contribution >= 0.6 is 0 Å². The second-order valence-electron chi connectivity index (χ2n) is 7.91. The molecule has 2 aliphatic heterocycles. The number of rotatable bonds is 10. The largest absolute Gasteiger partial charge is 0.479 e. The van der Waals surface area contributed by atoms with Gasteiger partial charge < -0.3 is 40.5 Å². The van der Waals surface area contributed by atoms with Crippen LogP contribution in [0.5, 0.6) is 5.75 Å². The minimum absolute atomic E-state index is 0.0137. The van der Waals surface area contributed by atoms with Crippen LogP contribution in [0.25, 0.3) is 0 Å². The second kappa shape index (κ2) is 11.7.